The summed E-state index contributed by atoms with van der Waals surface area (Å²) in [5.41, 5.74) is 0.121. The van der Waals surface area contributed by atoms with Crippen molar-refractivity contribution in [1.29, 1.82) is 0 Å². The van der Waals surface area contributed by atoms with Crippen LogP contribution in [0.1, 0.15) is 44.7 Å². The lowest BCUT2D eigenvalue weighted by Gasteiger charge is -2.20. The summed E-state index contributed by atoms with van der Waals surface area (Å²) in [6.07, 6.45) is 2.43. The minimum Gasteiger partial charge on any atom is -0.381 e. The first-order valence-corrected chi connectivity index (χ1v) is 6.95. The molecule has 4 heteroatoms. The summed E-state index contributed by atoms with van der Waals surface area (Å²) in [5.74, 6) is -0.992. The van der Waals surface area contributed by atoms with E-state index in [4.69, 9.17) is 4.74 Å². The molecule has 0 aromatic heterocycles. The van der Waals surface area contributed by atoms with Crippen molar-refractivity contribution in [1.82, 2.24) is 5.32 Å². The van der Waals surface area contributed by atoms with E-state index in [0.29, 0.717) is 19.6 Å². The van der Waals surface area contributed by atoms with Crippen molar-refractivity contribution in [3.8, 4) is 0 Å². The SMILES string of the molecule is CCCNC(CCOCCC)c1c(F)cccc1F. The highest BCUT2D eigenvalue weighted by molar-refractivity contribution is 5.23. The molecule has 0 aliphatic rings. The molecule has 1 N–H and O–H groups in total. The van der Waals surface area contributed by atoms with E-state index in [2.05, 4.69) is 5.32 Å². The van der Waals surface area contributed by atoms with Gasteiger partial charge in [0, 0.05) is 24.8 Å². The topological polar surface area (TPSA) is 21.3 Å². The Hall–Kier alpha value is -1.00. The van der Waals surface area contributed by atoms with Crippen molar-refractivity contribution >= 4 is 0 Å². The van der Waals surface area contributed by atoms with Gasteiger partial charge >= 0.3 is 0 Å². The maximum Gasteiger partial charge on any atom is 0.130 e. The molecule has 1 unspecified atom stereocenters. The smallest absolute Gasteiger partial charge is 0.130 e. The molecule has 0 aliphatic carbocycles. The maximum absolute atomic E-state index is 13.8. The molecule has 0 saturated heterocycles. The quantitative estimate of drug-likeness (QED) is 0.689. The second-order valence-electron chi connectivity index (χ2n) is 4.54. The van der Waals surface area contributed by atoms with Gasteiger partial charge in [-0.1, -0.05) is 19.9 Å². The number of benzene rings is 1. The molecule has 108 valence electrons. The van der Waals surface area contributed by atoms with Gasteiger partial charge in [-0.25, -0.2) is 8.78 Å². The minimum absolute atomic E-state index is 0.121. The lowest BCUT2D eigenvalue weighted by molar-refractivity contribution is 0.124. The summed E-state index contributed by atoms with van der Waals surface area (Å²) in [7, 11) is 0. The Kier molecular flexibility index (Phi) is 7.60. The Balaban J connectivity index is 2.71. The van der Waals surface area contributed by atoms with Crippen molar-refractivity contribution < 1.29 is 13.5 Å². The van der Waals surface area contributed by atoms with E-state index in [9.17, 15) is 8.78 Å². The first kappa shape index (κ1) is 16.1. The van der Waals surface area contributed by atoms with Crippen molar-refractivity contribution in [3.63, 3.8) is 0 Å². The molecule has 0 aliphatic heterocycles. The Labute approximate surface area is 114 Å². The summed E-state index contributed by atoms with van der Waals surface area (Å²) >= 11 is 0. The standard InChI is InChI=1S/C15H23F2NO/c1-3-9-18-14(8-11-19-10-4-2)15-12(16)6-5-7-13(15)17/h5-7,14,18H,3-4,8-11H2,1-2H3. The Morgan fingerprint density at radius 3 is 2.37 bits per heavy atom. The zero-order valence-corrected chi connectivity index (χ0v) is 11.7. The number of nitrogens with one attached hydrogen (secondary N) is 1. The van der Waals surface area contributed by atoms with Crippen LogP contribution < -0.4 is 5.32 Å². The molecule has 0 bridgehead atoms. The lowest BCUT2D eigenvalue weighted by atomic mass is 10.0. The van der Waals surface area contributed by atoms with Gasteiger partial charge in [0.1, 0.15) is 11.6 Å². The van der Waals surface area contributed by atoms with E-state index < -0.39 is 11.6 Å². The Morgan fingerprint density at radius 2 is 1.79 bits per heavy atom. The molecule has 1 rings (SSSR count). The van der Waals surface area contributed by atoms with Crippen LogP contribution in [-0.2, 0) is 4.74 Å². The van der Waals surface area contributed by atoms with Gasteiger partial charge in [0.25, 0.3) is 0 Å². The first-order chi connectivity index (χ1) is 9.20. The van der Waals surface area contributed by atoms with Crippen LogP contribution in [-0.4, -0.2) is 19.8 Å². The number of hydrogen-bond donors (Lipinski definition) is 1. The Bertz CT molecular complexity index is 351. The van der Waals surface area contributed by atoms with E-state index in [1.807, 2.05) is 13.8 Å². The monoisotopic (exact) mass is 271 g/mol. The van der Waals surface area contributed by atoms with Crippen LogP contribution in [0.4, 0.5) is 8.78 Å². The van der Waals surface area contributed by atoms with E-state index in [1.165, 1.54) is 18.2 Å². The molecule has 2 nitrogen and oxygen atoms in total. The molecule has 0 spiro atoms. The van der Waals surface area contributed by atoms with Gasteiger partial charge in [0.2, 0.25) is 0 Å². The molecule has 0 saturated carbocycles. The van der Waals surface area contributed by atoms with Crippen LogP contribution in [0.15, 0.2) is 18.2 Å². The third-order valence-corrected chi connectivity index (χ3v) is 2.89. The van der Waals surface area contributed by atoms with Gasteiger partial charge in [0.15, 0.2) is 0 Å². The molecular formula is C15H23F2NO. The highest BCUT2D eigenvalue weighted by atomic mass is 19.1. The van der Waals surface area contributed by atoms with Crippen molar-refractivity contribution in [2.45, 2.75) is 39.2 Å². The molecule has 0 heterocycles. The van der Waals surface area contributed by atoms with Gasteiger partial charge in [-0.05, 0) is 37.9 Å². The fourth-order valence-electron chi connectivity index (χ4n) is 1.96. The van der Waals surface area contributed by atoms with E-state index >= 15 is 0 Å². The normalized spacial score (nSPS) is 12.6. The van der Waals surface area contributed by atoms with Crippen molar-refractivity contribution in [2.24, 2.45) is 0 Å². The number of ether oxygens (including phenoxy) is 1. The molecule has 1 atom stereocenters. The molecular weight excluding hydrogens is 248 g/mol. The van der Waals surface area contributed by atoms with Gasteiger partial charge in [0.05, 0.1) is 0 Å². The second kappa shape index (κ2) is 8.99. The summed E-state index contributed by atoms with van der Waals surface area (Å²) in [6.45, 7) is 5.97. The van der Waals surface area contributed by atoms with Crippen molar-refractivity contribution in [3.05, 3.63) is 35.4 Å². The largest absolute Gasteiger partial charge is 0.381 e. The highest BCUT2D eigenvalue weighted by Gasteiger charge is 2.19. The summed E-state index contributed by atoms with van der Waals surface area (Å²) < 4.78 is 33.0. The summed E-state index contributed by atoms with van der Waals surface area (Å²) in [4.78, 5) is 0. The number of rotatable bonds is 9. The molecule has 0 radical (unpaired) electrons. The average Bonchev–Trinajstić information content (AvgIpc) is 2.39. The second-order valence-corrected chi connectivity index (χ2v) is 4.54. The van der Waals surface area contributed by atoms with Crippen LogP contribution in [0.25, 0.3) is 0 Å². The number of hydrogen-bond acceptors (Lipinski definition) is 2. The van der Waals surface area contributed by atoms with Crippen LogP contribution in [0.2, 0.25) is 0 Å². The fourth-order valence-corrected chi connectivity index (χ4v) is 1.96. The zero-order valence-electron chi connectivity index (χ0n) is 11.7. The predicted octanol–water partition coefficient (Wildman–Crippen LogP) is 3.82. The Morgan fingerprint density at radius 1 is 1.11 bits per heavy atom. The van der Waals surface area contributed by atoms with Crippen LogP contribution >= 0.6 is 0 Å². The predicted molar refractivity (Wildman–Crippen MR) is 73.1 cm³/mol. The third kappa shape index (κ3) is 5.25. The summed E-state index contributed by atoms with van der Waals surface area (Å²) in [6, 6.07) is 3.65. The van der Waals surface area contributed by atoms with Crippen LogP contribution in [0, 0.1) is 11.6 Å². The molecule has 0 fully saturated rings. The van der Waals surface area contributed by atoms with E-state index in [-0.39, 0.29) is 11.6 Å². The fraction of sp³-hybridized carbons (Fsp3) is 0.600. The van der Waals surface area contributed by atoms with Gasteiger partial charge in [-0.3, -0.25) is 0 Å². The summed E-state index contributed by atoms with van der Waals surface area (Å²) in [5, 5.41) is 3.18. The lowest BCUT2D eigenvalue weighted by Crippen LogP contribution is -2.25. The third-order valence-electron chi connectivity index (χ3n) is 2.89. The van der Waals surface area contributed by atoms with Gasteiger partial charge < -0.3 is 10.1 Å². The average molecular weight is 271 g/mol. The molecule has 1 aromatic rings. The van der Waals surface area contributed by atoms with Crippen LogP contribution in [0.5, 0.6) is 0 Å². The molecule has 19 heavy (non-hydrogen) atoms. The highest BCUT2D eigenvalue weighted by Crippen LogP contribution is 2.23. The van der Waals surface area contributed by atoms with Crippen LogP contribution in [0.3, 0.4) is 0 Å². The van der Waals surface area contributed by atoms with Gasteiger partial charge in [-0.2, -0.15) is 0 Å². The minimum atomic E-state index is -0.496. The first-order valence-electron chi connectivity index (χ1n) is 6.95. The maximum atomic E-state index is 13.8. The zero-order chi connectivity index (χ0) is 14.1. The van der Waals surface area contributed by atoms with Gasteiger partial charge in [-0.15, -0.1) is 0 Å². The van der Waals surface area contributed by atoms with Crippen molar-refractivity contribution in [2.75, 3.05) is 19.8 Å². The number of halogens is 2. The molecule has 0 amide bonds. The van der Waals surface area contributed by atoms with E-state index in [1.54, 1.807) is 0 Å². The molecule has 1 aromatic carbocycles. The van der Waals surface area contributed by atoms with E-state index in [0.717, 1.165) is 19.4 Å².